The Morgan fingerprint density at radius 3 is 2.74 bits per heavy atom. The molecule has 23 heavy (non-hydrogen) atoms. The van der Waals surface area contributed by atoms with Gasteiger partial charge in [0.25, 0.3) is 5.91 Å². The van der Waals surface area contributed by atoms with Gasteiger partial charge in [-0.2, -0.15) is 0 Å². The first-order valence-corrected chi connectivity index (χ1v) is 8.24. The van der Waals surface area contributed by atoms with Crippen molar-refractivity contribution in [2.75, 3.05) is 12.4 Å². The maximum atomic E-state index is 12.3. The molecule has 1 N–H and O–H groups in total. The summed E-state index contributed by atoms with van der Waals surface area (Å²) in [5.74, 6) is -0.649. The number of ether oxygens (including phenoxy) is 1. The predicted octanol–water partition coefficient (Wildman–Crippen LogP) is 4.10. The number of thiazole rings is 1. The first kappa shape index (κ1) is 15.6. The van der Waals surface area contributed by atoms with E-state index in [1.807, 2.05) is 6.07 Å². The Balaban J connectivity index is 1.88. The van der Waals surface area contributed by atoms with Crippen LogP contribution in [0.2, 0.25) is 0 Å². The summed E-state index contributed by atoms with van der Waals surface area (Å²) in [6, 6.07) is 12.2. The summed E-state index contributed by atoms with van der Waals surface area (Å²) in [5.41, 5.74) is 1.69. The van der Waals surface area contributed by atoms with Gasteiger partial charge in [-0.3, -0.25) is 10.1 Å². The molecule has 5 nitrogen and oxygen atoms in total. The SMILES string of the molecule is COC(=O)c1ccc2nc(NC(=O)c3ccccc3Br)sc2c1. The van der Waals surface area contributed by atoms with Crippen LogP contribution in [0.15, 0.2) is 46.9 Å². The van der Waals surface area contributed by atoms with Crippen molar-refractivity contribution < 1.29 is 14.3 Å². The molecule has 2 aromatic carbocycles. The van der Waals surface area contributed by atoms with E-state index in [-0.39, 0.29) is 5.91 Å². The van der Waals surface area contributed by atoms with E-state index in [0.717, 1.165) is 4.70 Å². The standard InChI is InChI=1S/C16H11BrN2O3S/c1-22-15(21)9-6-7-12-13(8-9)23-16(18-12)19-14(20)10-4-2-3-5-11(10)17/h2-8H,1H3,(H,18,19,20). The maximum absolute atomic E-state index is 12.3. The Kier molecular flexibility index (Phi) is 4.40. The fraction of sp³-hybridized carbons (Fsp3) is 0.0625. The van der Waals surface area contributed by atoms with Crippen molar-refractivity contribution in [3.05, 3.63) is 58.1 Å². The highest BCUT2D eigenvalue weighted by atomic mass is 79.9. The second-order valence-electron chi connectivity index (χ2n) is 4.63. The van der Waals surface area contributed by atoms with Crippen LogP contribution in [0, 0.1) is 0 Å². The average Bonchev–Trinajstić information content (AvgIpc) is 2.95. The molecular weight excluding hydrogens is 380 g/mol. The highest BCUT2D eigenvalue weighted by Crippen LogP contribution is 2.28. The molecule has 0 bridgehead atoms. The lowest BCUT2D eigenvalue weighted by molar-refractivity contribution is 0.0601. The molecule has 0 saturated heterocycles. The summed E-state index contributed by atoms with van der Waals surface area (Å²) in [7, 11) is 1.34. The lowest BCUT2D eigenvalue weighted by Gasteiger charge is -2.03. The Hall–Kier alpha value is -2.25. The number of halogens is 1. The van der Waals surface area contributed by atoms with Crippen LogP contribution in [0.4, 0.5) is 5.13 Å². The van der Waals surface area contributed by atoms with Crippen LogP contribution in [0.25, 0.3) is 10.2 Å². The van der Waals surface area contributed by atoms with E-state index in [0.29, 0.717) is 26.2 Å². The number of hydrogen-bond donors (Lipinski definition) is 1. The number of benzene rings is 2. The van der Waals surface area contributed by atoms with Gasteiger partial charge in [0.05, 0.1) is 28.5 Å². The molecule has 0 aliphatic carbocycles. The van der Waals surface area contributed by atoms with E-state index in [2.05, 4.69) is 26.2 Å². The molecule has 0 radical (unpaired) electrons. The van der Waals surface area contributed by atoms with Gasteiger partial charge in [-0.05, 0) is 46.3 Å². The second-order valence-corrected chi connectivity index (χ2v) is 6.51. The molecule has 0 saturated carbocycles. The lowest BCUT2D eigenvalue weighted by Crippen LogP contribution is -2.12. The molecule has 0 atom stereocenters. The van der Waals surface area contributed by atoms with Gasteiger partial charge >= 0.3 is 5.97 Å². The summed E-state index contributed by atoms with van der Waals surface area (Å²) < 4.78 is 6.21. The number of fused-ring (bicyclic) bond motifs is 1. The van der Waals surface area contributed by atoms with Gasteiger partial charge < -0.3 is 4.74 Å². The number of esters is 1. The number of nitrogens with one attached hydrogen (secondary N) is 1. The zero-order valence-corrected chi connectivity index (χ0v) is 14.4. The normalized spacial score (nSPS) is 10.5. The van der Waals surface area contributed by atoms with Gasteiger partial charge in [-0.1, -0.05) is 23.5 Å². The van der Waals surface area contributed by atoms with Crippen LogP contribution in [-0.2, 0) is 4.74 Å². The van der Waals surface area contributed by atoms with Crippen molar-refractivity contribution >= 4 is 54.5 Å². The smallest absolute Gasteiger partial charge is 0.337 e. The average molecular weight is 391 g/mol. The lowest BCUT2D eigenvalue weighted by atomic mass is 10.2. The molecule has 0 aliphatic rings. The van der Waals surface area contributed by atoms with E-state index in [4.69, 9.17) is 4.74 Å². The third-order valence-corrected chi connectivity index (χ3v) is 4.77. The predicted molar refractivity (Wildman–Crippen MR) is 93.1 cm³/mol. The molecule has 0 unspecified atom stereocenters. The van der Waals surface area contributed by atoms with Crippen molar-refractivity contribution in [1.82, 2.24) is 4.98 Å². The van der Waals surface area contributed by atoms with E-state index in [9.17, 15) is 9.59 Å². The minimum atomic E-state index is -0.404. The topological polar surface area (TPSA) is 68.3 Å². The van der Waals surface area contributed by atoms with Crippen molar-refractivity contribution in [2.45, 2.75) is 0 Å². The van der Waals surface area contributed by atoms with Crippen LogP contribution < -0.4 is 5.32 Å². The fourth-order valence-electron chi connectivity index (χ4n) is 2.03. The van der Waals surface area contributed by atoms with E-state index in [1.54, 1.807) is 36.4 Å². The zero-order chi connectivity index (χ0) is 16.4. The van der Waals surface area contributed by atoms with Crippen LogP contribution in [-0.4, -0.2) is 24.0 Å². The third kappa shape index (κ3) is 3.25. The number of hydrogen-bond acceptors (Lipinski definition) is 5. The molecule has 3 rings (SSSR count). The Labute approximate surface area is 144 Å². The largest absolute Gasteiger partial charge is 0.465 e. The Morgan fingerprint density at radius 2 is 2.00 bits per heavy atom. The first-order chi connectivity index (χ1) is 11.1. The van der Waals surface area contributed by atoms with Gasteiger partial charge in [0, 0.05) is 4.47 Å². The summed E-state index contributed by atoms with van der Waals surface area (Å²) >= 11 is 4.65. The van der Waals surface area contributed by atoms with Crippen molar-refractivity contribution in [3.63, 3.8) is 0 Å². The molecular formula is C16H11BrN2O3S. The first-order valence-electron chi connectivity index (χ1n) is 6.63. The highest BCUT2D eigenvalue weighted by Gasteiger charge is 2.13. The number of methoxy groups -OCH3 is 1. The number of aromatic nitrogens is 1. The fourth-order valence-corrected chi connectivity index (χ4v) is 3.40. The minimum absolute atomic E-state index is 0.246. The number of carbonyl (C=O) groups excluding carboxylic acids is 2. The van der Waals surface area contributed by atoms with Gasteiger partial charge in [-0.25, -0.2) is 9.78 Å². The molecule has 7 heteroatoms. The summed E-state index contributed by atoms with van der Waals surface area (Å²) in [5, 5.41) is 3.25. The molecule has 1 heterocycles. The number of amides is 1. The highest BCUT2D eigenvalue weighted by molar-refractivity contribution is 9.10. The number of nitrogens with zero attached hydrogens (tertiary/aromatic N) is 1. The van der Waals surface area contributed by atoms with Gasteiger partial charge in [0.2, 0.25) is 0 Å². The quantitative estimate of drug-likeness (QED) is 0.683. The zero-order valence-electron chi connectivity index (χ0n) is 12.0. The summed E-state index contributed by atoms with van der Waals surface area (Å²) in [4.78, 5) is 28.2. The van der Waals surface area contributed by atoms with E-state index >= 15 is 0 Å². The molecule has 116 valence electrons. The summed E-state index contributed by atoms with van der Waals surface area (Å²) in [6.07, 6.45) is 0. The maximum Gasteiger partial charge on any atom is 0.337 e. The van der Waals surface area contributed by atoms with Gasteiger partial charge in [0.1, 0.15) is 0 Å². The second kappa shape index (κ2) is 6.47. The van der Waals surface area contributed by atoms with Crippen molar-refractivity contribution in [2.24, 2.45) is 0 Å². The van der Waals surface area contributed by atoms with Crippen molar-refractivity contribution in [3.8, 4) is 0 Å². The third-order valence-electron chi connectivity index (χ3n) is 3.15. The van der Waals surface area contributed by atoms with E-state index < -0.39 is 5.97 Å². The van der Waals surface area contributed by atoms with Crippen molar-refractivity contribution in [1.29, 1.82) is 0 Å². The van der Waals surface area contributed by atoms with Crippen LogP contribution in [0.1, 0.15) is 20.7 Å². The number of anilines is 1. The van der Waals surface area contributed by atoms with Crippen LogP contribution in [0.5, 0.6) is 0 Å². The molecule has 3 aromatic rings. The molecule has 1 amide bonds. The molecule has 0 spiro atoms. The van der Waals surface area contributed by atoms with Gasteiger partial charge in [0.15, 0.2) is 5.13 Å². The summed E-state index contributed by atoms with van der Waals surface area (Å²) in [6.45, 7) is 0. The van der Waals surface area contributed by atoms with E-state index in [1.165, 1.54) is 18.4 Å². The number of carbonyl (C=O) groups is 2. The van der Waals surface area contributed by atoms with Crippen LogP contribution in [0.3, 0.4) is 0 Å². The molecule has 1 aromatic heterocycles. The molecule has 0 aliphatic heterocycles. The Morgan fingerprint density at radius 1 is 1.22 bits per heavy atom. The van der Waals surface area contributed by atoms with Gasteiger partial charge in [-0.15, -0.1) is 0 Å². The van der Waals surface area contributed by atoms with Crippen LogP contribution >= 0.6 is 27.3 Å². The number of rotatable bonds is 3. The Bertz CT molecular complexity index is 907. The minimum Gasteiger partial charge on any atom is -0.465 e. The monoisotopic (exact) mass is 390 g/mol. The molecule has 0 fully saturated rings.